The van der Waals surface area contributed by atoms with Gasteiger partial charge in [-0.05, 0) is 37.1 Å². The average molecular weight is 520 g/mol. The quantitative estimate of drug-likeness (QED) is 0.236. The molecule has 0 spiro atoms. The predicted octanol–water partition coefficient (Wildman–Crippen LogP) is 6.08. The van der Waals surface area contributed by atoms with E-state index in [1.54, 1.807) is 26.6 Å². The van der Waals surface area contributed by atoms with Gasteiger partial charge in [-0.25, -0.2) is 15.0 Å². The molecule has 0 fully saturated rings. The van der Waals surface area contributed by atoms with Gasteiger partial charge in [-0.15, -0.1) is 0 Å². The van der Waals surface area contributed by atoms with E-state index in [2.05, 4.69) is 15.3 Å². The third-order valence-electron chi connectivity index (χ3n) is 6.26. The molecule has 196 valence electrons. The van der Waals surface area contributed by atoms with Crippen molar-refractivity contribution in [3.05, 3.63) is 115 Å². The molecule has 5 rings (SSSR count). The maximum absolute atomic E-state index is 13.3. The zero-order valence-electron chi connectivity index (χ0n) is 22.0. The zero-order chi connectivity index (χ0) is 27.2. The number of ether oxygens (including phenoxy) is 2. The summed E-state index contributed by atoms with van der Waals surface area (Å²) in [5, 5.41) is 3.28. The van der Waals surface area contributed by atoms with Gasteiger partial charge in [0.05, 0.1) is 37.1 Å². The van der Waals surface area contributed by atoms with E-state index in [0.29, 0.717) is 17.4 Å². The Morgan fingerprint density at radius 1 is 1.00 bits per heavy atom. The van der Waals surface area contributed by atoms with E-state index in [0.717, 1.165) is 33.8 Å². The molecule has 0 aliphatic heterocycles. The number of hydrogen-bond acceptors (Lipinski definition) is 7. The molecule has 0 saturated carbocycles. The molecule has 0 amide bonds. The Kier molecular flexibility index (Phi) is 7.63. The van der Waals surface area contributed by atoms with Crippen LogP contribution in [-0.2, 0) is 9.53 Å². The Balaban J connectivity index is 1.57. The van der Waals surface area contributed by atoms with Crippen LogP contribution < -0.4 is 10.1 Å². The lowest BCUT2D eigenvalue weighted by Gasteiger charge is -2.20. The van der Waals surface area contributed by atoms with Crippen molar-refractivity contribution in [2.75, 3.05) is 19.0 Å². The van der Waals surface area contributed by atoms with E-state index in [4.69, 9.17) is 14.5 Å². The SMILES string of the molecule is CCOC(=O)C(c1ccccc1)c1nc(Nc2ccc(-n3cnc(C)c3)c(OC)c2)ncc1-c1ccccc1. The third kappa shape index (κ3) is 5.65. The summed E-state index contributed by atoms with van der Waals surface area (Å²) >= 11 is 0. The van der Waals surface area contributed by atoms with Crippen molar-refractivity contribution in [3.63, 3.8) is 0 Å². The molecule has 8 nitrogen and oxygen atoms in total. The van der Waals surface area contributed by atoms with Crippen molar-refractivity contribution in [2.24, 2.45) is 0 Å². The molecule has 1 N–H and O–H groups in total. The Labute approximate surface area is 227 Å². The number of nitrogens with zero attached hydrogens (tertiary/aromatic N) is 4. The Morgan fingerprint density at radius 3 is 2.41 bits per heavy atom. The van der Waals surface area contributed by atoms with Crippen molar-refractivity contribution in [2.45, 2.75) is 19.8 Å². The number of aromatic nitrogens is 4. The molecular formula is C31H29N5O3. The number of aryl methyl sites for hydroxylation is 1. The number of anilines is 2. The summed E-state index contributed by atoms with van der Waals surface area (Å²) in [6, 6.07) is 25.1. The maximum Gasteiger partial charge on any atom is 0.319 e. The van der Waals surface area contributed by atoms with Gasteiger partial charge in [0.15, 0.2) is 0 Å². The summed E-state index contributed by atoms with van der Waals surface area (Å²) in [7, 11) is 1.62. The molecule has 0 bridgehead atoms. The molecule has 8 heteroatoms. The van der Waals surface area contributed by atoms with Crippen LogP contribution in [0.3, 0.4) is 0 Å². The Hall–Kier alpha value is -4.98. The average Bonchev–Trinajstić information content (AvgIpc) is 3.40. The summed E-state index contributed by atoms with van der Waals surface area (Å²) in [4.78, 5) is 27.1. The molecule has 3 aromatic carbocycles. The van der Waals surface area contributed by atoms with Gasteiger partial charge in [-0.2, -0.15) is 0 Å². The van der Waals surface area contributed by atoms with Crippen LogP contribution in [-0.4, -0.2) is 39.2 Å². The molecule has 0 aliphatic carbocycles. The van der Waals surface area contributed by atoms with Gasteiger partial charge in [0, 0.05) is 29.7 Å². The summed E-state index contributed by atoms with van der Waals surface area (Å²) in [5.74, 6) is -0.0890. The maximum atomic E-state index is 13.3. The van der Waals surface area contributed by atoms with Gasteiger partial charge >= 0.3 is 5.97 Å². The number of hydrogen-bond donors (Lipinski definition) is 1. The van der Waals surface area contributed by atoms with E-state index in [9.17, 15) is 4.79 Å². The minimum absolute atomic E-state index is 0.265. The minimum atomic E-state index is -0.730. The van der Waals surface area contributed by atoms with Crippen LogP contribution in [0.1, 0.15) is 29.8 Å². The number of rotatable bonds is 9. The fourth-order valence-corrected chi connectivity index (χ4v) is 4.44. The summed E-state index contributed by atoms with van der Waals surface area (Å²) < 4.78 is 13.1. The van der Waals surface area contributed by atoms with Gasteiger partial charge in [0.2, 0.25) is 5.95 Å². The number of imidazole rings is 1. The molecule has 1 unspecified atom stereocenters. The van der Waals surface area contributed by atoms with Crippen LogP contribution in [0.4, 0.5) is 11.6 Å². The second kappa shape index (κ2) is 11.6. The number of carbonyl (C=O) groups is 1. The molecule has 1 atom stereocenters. The van der Waals surface area contributed by atoms with Crippen molar-refractivity contribution in [1.29, 1.82) is 0 Å². The summed E-state index contributed by atoms with van der Waals surface area (Å²) in [5.41, 5.74) is 5.51. The van der Waals surface area contributed by atoms with Crippen LogP contribution in [0.25, 0.3) is 16.8 Å². The number of nitrogens with one attached hydrogen (secondary N) is 1. The van der Waals surface area contributed by atoms with Crippen LogP contribution in [0, 0.1) is 6.92 Å². The molecule has 39 heavy (non-hydrogen) atoms. The van der Waals surface area contributed by atoms with Gasteiger partial charge < -0.3 is 19.4 Å². The molecule has 0 saturated heterocycles. The molecule has 0 radical (unpaired) electrons. The number of carbonyl (C=O) groups excluding carboxylic acids is 1. The highest BCUT2D eigenvalue weighted by molar-refractivity contribution is 5.85. The second-order valence-electron chi connectivity index (χ2n) is 8.89. The van der Waals surface area contributed by atoms with E-state index >= 15 is 0 Å². The minimum Gasteiger partial charge on any atom is -0.494 e. The lowest BCUT2D eigenvalue weighted by Crippen LogP contribution is -2.20. The van der Waals surface area contributed by atoms with Gasteiger partial charge in [-0.1, -0.05) is 60.7 Å². The Bertz CT molecular complexity index is 1570. The molecule has 5 aromatic rings. The van der Waals surface area contributed by atoms with E-state index in [-0.39, 0.29) is 12.6 Å². The van der Waals surface area contributed by atoms with E-state index in [1.165, 1.54) is 0 Å². The standard InChI is InChI=1S/C31H29N5O3/c1-4-39-30(37)28(23-13-9-6-10-14-23)29-25(22-11-7-5-8-12-22)18-32-31(35-29)34-24-15-16-26(27(17-24)38-3)36-19-21(2)33-20-36/h5-20,28H,4H2,1-3H3,(H,32,34,35). The van der Waals surface area contributed by atoms with Crippen LogP contribution >= 0.6 is 0 Å². The summed E-state index contributed by atoms with van der Waals surface area (Å²) in [6.45, 7) is 4.00. The normalized spacial score (nSPS) is 11.6. The smallest absolute Gasteiger partial charge is 0.319 e. The monoisotopic (exact) mass is 519 g/mol. The number of esters is 1. The molecule has 2 aromatic heterocycles. The molecule has 2 heterocycles. The Morgan fingerprint density at radius 2 is 1.74 bits per heavy atom. The fourth-order valence-electron chi connectivity index (χ4n) is 4.44. The van der Waals surface area contributed by atoms with Crippen molar-refractivity contribution < 1.29 is 14.3 Å². The highest BCUT2D eigenvalue weighted by Gasteiger charge is 2.29. The third-order valence-corrected chi connectivity index (χ3v) is 6.26. The fraction of sp³-hybridized carbons (Fsp3) is 0.161. The van der Waals surface area contributed by atoms with Gasteiger partial charge in [-0.3, -0.25) is 4.79 Å². The van der Waals surface area contributed by atoms with Gasteiger partial charge in [0.25, 0.3) is 0 Å². The van der Waals surface area contributed by atoms with Crippen molar-refractivity contribution >= 4 is 17.6 Å². The molecule has 0 aliphatic rings. The van der Waals surface area contributed by atoms with Crippen LogP contribution in [0.5, 0.6) is 5.75 Å². The first kappa shape index (κ1) is 25.7. The predicted molar refractivity (Wildman–Crippen MR) is 151 cm³/mol. The van der Waals surface area contributed by atoms with E-state index in [1.807, 2.05) is 96.6 Å². The first-order valence-electron chi connectivity index (χ1n) is 12.7. The topological polar surface area (TPSA) is 91.2 Å². The first-order chi connectivity index (χ1) is 19.1. The molecular weight excluding hydrogens is 490 g/mol. The number of benzene rings is 3. The zero-order valence-corrected chi connectivity index (χ0v) is 22.0. The van der Waals surface area contributed by atoms with Crippen molar-refractivity contribution in [1.82, 2.24) is 19.5 Å². The lowest BCUT2D eigenvalue weighted by atomic mass is 9.90. The highest BCUT2D eigenvalue weighted by atomic mass is 16.5. The lowest BCUT2D eigenvalue weighted by molar-refractivity contribution is -0.143. The van der Waals surface area contributed by atoms with E-state index < -0.39 is 5.92 Å². The highest BCUT2D eigenvalue weighted by Crippen LogP contribution is 2.34. The first-order valence-corrected chi connectivity index (χ1v) is 12.7. The summed E-state index contributed by atoms with van der Waals surface area (Å²) in [6.07, 6.45) is 5.42. The van der Waals surface area contributed by atoms with Gasteiger partial charge in [0.1, 0.15) is 11.7 Å². The number of methoxy groups -OCH3 is 1. The van der Waals surface area contributed by atoms with Crippen LogP contribution in [0.2, 0.25) is 0 Å². The van der Waals surface area contributed by atoms with Crippen molar-refractivity contribution in [3.8, 4) is 22.6 Å². The largest absolute Gasteiger partial charge is 0.494 e. The van der Waals surface area contributed by atoms with Crippen LogP contribution in [0.15, 0.2) is 97.6 Å². The second-order valence-corrected chi connectivity index (χ2v) is 8.89.